The number of halogens is 3. The Morgan fingerprint density at radius 1 is 0.940 bits per heavy atom. The number of alkyl halides is 3. The van der Waals surface area contributed by atoms with Gasteiger partial charge in [0.1, 0.15) is 6.04 Å². The first-order valence-corrected chi connectivity index (χ1v) is 17.2. The summed E-state index contributed by atoms with van der Waals surface area (Å²) in [5.41, 5.74) is 5.24. The summed E-state index contributed by atoms with van der Waals surface area (Å²) in [6, 6.07) is 22.4. The molecule has 6 rings (SSSR count). The first kappa shape index (κ1) is 36.0. The van der Waals surface area contributed by atoms with Gasteiger partial charge in [-0.2, -0.15) is 13.2 Å². The summed E-state index contributed by atoms with van der Waals surface area (Å²) in [5, 5.41) is 12.3. The molecule has 9 nitrogen and oxygen atoms in total. The maximum Gasteiger partial charge on any atom is 0.471 e. The van der Waals surface area contributed by atoms with E-state index >= 15 is 0 Å². The van der Waals surface area contributed by atoms with E-state index in [1.165, 1.54) is 0 Å². The average Bonchev–Trinajstić information content (AvgIpc) is 3.80. The zero-order chi connectivity index (χ0) is 35.3. The molecule has 50 heavy (non-hydrogen) atoms. The van der Waals surface area contributed by atoms with E-state index in [-0.39, 0.29) is 38.3 Å². The Balaban J connectivity index is 1.16. The second-order valence-corrected chi connectivity index (χ2v) is 13.2. The number of benzene rings is 3. The van der Waals surface area contributed by atoms with E-state index in [1.54, 1.807) is 7.11 Å². The Bertz CT molecular complexity index is 1600. The summed E-state index contributed by atoms with van der Waals surface area (Å²) in [6.07, 6.45) is -2.51. The highest BCUT2D eigenvalue weighted by Crippen LogP contribution is 2.39. The number of methoxy groups -OCH3 is 1. The fourth-order valence-electron chi connectivity index (χ4n) is 7.33. The molecule has 0 aliphatic carbocycles. The number of carbonyl (C=O) groups is 2. The third kappa shape index (κ3) is 8.38. The van der Waals surface area contributed by atoms with Crippen molar-refractivity contribution in [2.45, 2.75) is 82.0 Å². The lowest BCUT2D eigenvalue weighted by atomic mass is 9.97. The van der Waals surface area contributed by atoms with Crippen LogP contribution in [0.1, 0.15) is 66.8 Å². The van der Waals surface area contributed by atoms with Crippen LogP contribution in [-0.2, 0) is 37.0 Å². The van der Waals surface area contributed by atoms with E-state index in [0.29, 0.717) is 30.4 Å². The second-order valence-electron chi connectivity index (χ2n) is 13.2. The lowest BCUT2D eigenvalue weighted by Gasteiger charge is -2.38. The fraction of sp³-hybridized carbons (Fsp3) is 0.474. The molecule has 0 aromatic heterocycles. The first-order valence-electron chi connectivity index (χ1n) is 17.2. The highest BCUT2D eigenvalue weighted by atomic mass is 19.4. The zero-order valence-corrected chi connectivity index (χ0v) is 28.1. The van der Waals surface area contributed by atoms with Crippen molar-refractivity contribution in [1.82, 2.24) is 15.1 Å². The number of likely N-dealkylation sites (tertiary alicyclic amines) is 2. The molecule has 3 aromatic rings. The van der Waals surface area contributed by atoms with Gasteiger partial charge >= 0.3 is 12.1 Å². The van der Waals surface area contributed by atoms with Crippen molar-refractivity contribution in [1.29, 1.82) is 0 Å². The predicted octanol–water partition coefficient (Wildman–Crippen LogP) is 5.67. The normalized spacial score (nSPS) is 24.4. The van der Waals surface area contributed by atoms with Gasteiger partial charge in [0.25, 0.3) is 0 Å². The number of amides is 2. The van der Waals surface area contributed by atoms with Crippen LogP contribution < -0.4 is 5.32 Å². The van der Waals surface area contributed by atoms with Crippen molar-refractivity contribution in [3.63, 3.8) is 0 Å². The topological polar surface area (TPSA) is 101 Å². The van der Waals surface area contributed by atoms with Gasteiger partial charge in [0.2, 0.25) is 5.91 Å². The van der Waals surface area contributed by atoms with Crippen LogP contribution in [0.4, 0.5) is 13.2 Å². The Morgan fingerprint density at radius 3 is 2.38 bits per heavy atom. The van der Waals surface area contributed by atoms with Crippen LogP contribution in [0.2, 0.25) is 0 Å². The molecule has 2 N–H and O–H groups in total. The third-order valence-corrected chi connectivity index (χ3v) is 9.93. The molecule has 12 heteroatoms. The van der Waals surface area contributed by atoms with Crippen molar-refractivity contribution in [2.24, 2.45) is 0 Å². The van der Waals surface area contributed by atoms with Gasteiger partial charge in [0, 0.05) is 44.8 Å². The summed E-state index contributed by atoms with van der Waals surface area (Å²) < 4.78 is 57.9. The van der Waals surface area contributed by atoms with E-state index in [9.17, 15) is 27.9 Å². The summed E-state index contributed by atoms with van der Waals surface area (Å²) in [4.78, 5) is 27.9. The van der Waals surface area contributed by atoms with Gasteiger partial charge in [-0.15, -0.1) is 0 Å². The van der Waals surface area contributed by atoms with Crippen LogP contribution in [0.5, 0.6) is 0 Å². The second kappa shape index (κ2) is 16.0. The van der Waals surface area contributed by atoms with Crippen LogP contribution >= 0.6 is 0 Å². The van der Waals surface area contributed by atoms with E-state index < -0.39 is 30.3 Å². The number of ether oxygens (including phenoxy) is 3. The predicted molar refractivity (Wildman–Crippen MR) is 179 cm³/mol. The van der Waals surface area contributed by atoms with Gasteiger partial charge in [-0.1, -0.05) is 72.8 Å². The number of hydrogen-bond donors (Lipinski definition) is 2. The van der Waals surface area contributed by atoms with E-state index in [0.717, 1.165) is 59.3 Å². The zero-order valence-electron chi connectivity index (χ0n) is 28.1. The first-order chi connectivity index (χ1) is 24.1. The van der Waals surface area contributed by atoms with Crippen LogP contribution in [0, 0.1) is 0 Å². The maximum absolute atomic E-state index is 13.1. The average molecular weight is 696 g/mol. The minimum atomic E-state index is -5.02. The SMILES string of the molecule is COC[C@@H]1CCCN1C[C@H]1C[C@@H](c2ccc(CO)cc2)O[C@@H](c2ccc(-c3ccccc3CNC(=O)[C@@H]3CCCN3C(=O)C(F)(F)F)cc2)O1. The molecule has 2 amide bonds. The minimum Gasteiger partial charge on any atom is -0.392 e. The molecule has 3 aromatic carbocycles. The van der Waals surface area contributed by atoms with Crippen LogP contribution in [0.25, 0.3) is 11.1 Å². The molecule has 3 saturated heterocycles. The lowest BCUT2D eigenvalue weighted by Crippen LogP contribution is -2.50. The molecule has 0 spiro atoms. The van der Waals surface area contributed by atoms with Gasteiger partial charge in [-0.05, 0) is 60.0 Å². The Morgan fingerprint density at radius 2 is 1.66 bits per heavy atom. The molecule has 3 heterocycles. The summed E-state index contributed by atoms with van der Waals surface area (Å²) in [5.74, 6) is -2.58. The van der Waals surface area contributed by atoms with Gasteiger partial charge in [-0.3, -0.25) is 14.5 Å². The maximum atomic E-state index is 13.1. The quantitative estimate of drug-likeness (QED) is 0.267. The molecule has 5 atom stereocenters. The van der Waals surface area contributed by atoms with E-state index in [4.69, 9.17) is 14.2 Å². The molecule has 3 aliphatic heterocycles. The van der Waals surface area contributed by atoms with Gasteiger partial charge in [-0.25, -0.2) is 0 Å². The molecule has 268 valence electrons. The van der Waals surface area contributed by atoms with Crippen molar-refractivity contribution < 1.29 is 42.1 Å². The summed E-state index contributed by atoms with van der Waals surface area (Å²) >= 11 is 0. The van der Waals surface area contributed by atoms with Crippen molar-refractivity contribution in [2.75, 3.05) is 33.4 Å². The largest absolute Gasteiger partial charge is 0.471 e. The molecule has 3 fully saturated rings. The van der Waals surface area contributed by atoms with Crippen molar-refractivity contribution in [3.8, 4) is 11.1 Å². The number of aliphatic hydroxyl groups excluding tert-OH is 1. The smallest absolute Gasteiger partial charge is 0.392 e. The van der Waals surface area contributed by atoms with Crippen molar-refractivity contribution >= 4 is 11.8 Å². The highest BCUT2D eigenvalue weighted by Gasteiger charge is 2.47. The summed E-state index contributed by atoms with van der Waals surface area (Å²) in [6.45, 7) is 2.41. The standard InChI is InChI=1S/C38H44F3N3O6/c1-48-24-30-7-4-18-43(30)22-31-20-34(27-12-10-25(23-45)11-13-27)50-36(49-31)28-16-14-26(15-17-28)32-8-3-2-6-29(32)21-42-35(46)33-9-5-19-44(33)37(47)38(39,40)41/h2-3,6,8,10-17,30-31,33-34,36,45H,4-5,7,9,18-24H2,1H3,(H,42,46)/t30-,31+,33-,34-,36-/m0/s1. The molecule has 0 radical (unpaired) electrons. The molecule has 0 saturated carbocycles. The van der Waals surface area contributed by atoms with Gasteiger partial charge < -0.3 is 29.5 Å². The number of rotatable bonds is 11. The summed E-state index contributed by atoms with van der Waals surface area (Å²) in [7, 11) is 1.73. The van der Waals surface area contributed by atoms with Crippen LogP contribution in [-0.4, -0.2) is 84.4 Å². The highest BCUT2D eigenvalue weighted by molar-refractivity contribution is 5.90. The number of hydrogen-bond acceptors (Lipinski definition) is 7. The molecule has 0 bridgehead atoms. The number of aliphatic hydroxyl groups is 1. The molecule has 0 unspecified atom stereocenters. The van der Waals surface area contributed by atoms with Crippen LogP contribution in [0.3, 0.4) is 0 Å². The third-order valence-electron chi connectivity index (χ3n) is 9.93. The molecular formula is C38H44F3N3O6. The number of nitrogens with zero attached hydrogens (tertiary/aromatic N) is 2. The minimum absolute atomic E-state index is 0.0278. The number of carbonyl (C=O) groups excluding carboxylic acids is 2. The lowest BCUT2D eigenvalue weighted by molar-refractivity contribution is -0.253. The van der Waals surface area contributed by atoms with Crippen molar-refractivity contribution in [3.05, 3.63) is 95.1 Å². The Kier molecular flexibility index (Phi) is 11.5. The monoisotopic (exact) mass is 695 g/mol. The van der Waals surface area contributed by atoms with E-state index in [2.05, 4.69) is 10.2 Å². The van der Waals surface area contributed by atoms with E-state index in [1.807, 2.05) is 72.8 Å². The van der Waals surface area contributed by atoms with Crippen LogP contribution in [0.15, 0.2) is 72.8 Å². The molecular weight excluding hydrogens is 651 g/mol. The fourth-order valence-corrected chi connectivity index (χ4v) is 7.33. The number of nitrogens with one attached hydrogen (secondary N) is 1. The van der Waals surface area contributed by atoms with Gasteiger partial charge in [0.05, 0.1) is 25.4 Å². The Labute approximate surface area is 290 Å². The van der Waals surface area contributed by atoms with Gasteiger partial charge in [0.15, 0.2) is 6.29 Å². The Hall–Kier alpha value is -3.81. The molecule has 3 aliphatic rings.